The summed E-state index contributed by atoms with van der Waals surface area (Å²) in [6.45, 7) is 1.71. The van der Waals surface area contributed by atoms with E-state index in [1.807, 2.05) is 0 Å². The van der Waals surface area contributed by atoms with Crippen molar-refractivity contribution in [3.8, 4) is 11.5 Å². The average Bonchev–Trinajstić information content (AvgIpc) is 3.54. The molecule has 2 N–H and O–H groups in total. The molecule has 45 heavy (non-hydrogen) atoms. The number of rotatable bonds is 9. The number of benzene rings is 3. The summed E-state index contributed by atoms with van der Waals surface area (Å²) in [5.41, 5.74) is 1.98. The number of amides is 3. The van der Waals surface area contributed by atoms with Crippen LogP contribution in [0.25, 0.3) is 0 Å². The Morgan fingerprint density at radius 2 is 1.60 bits per heavy atom. The fourth-order valence-electron chi connectivity index (χ4n) is 5.38. The first-order valence-electron chi connectivity index (χ1n) is 14.0. The van der Waals surface area contributed by atoms with Gasteiger partial charge in [0.1, 0.15) is 16.7 Å². The number of thioether (sulfide) groups is 1. The van der Waals surface area contributed by atoms with Gasteiger partial charge in [-0.3, -0.25) is 19.2 Å². The Labute approximate surface area is 265 Å². The normalized spacial score (nSPS) is 18.6. The van der Waals surface area contributed by atoms with Crippen LogP contribution in [-0.4, -0.2) is 54.2 Å². The third kappa shape index (κ3) is 5.96. The number of nitrogens with zero attached hydrogens (tertiary/aromatic N) is 1. The molecular formula is C32H27N3O8S2. The molecule has 3 heterocycles. The van der Waals surface area contributed by atoms with Gasteiger partial charge in [-0.1, -0.05) is 35.2 Å². The average molecular weight is 646 g/mol. The van der Waals surface area contributed by atoms with E-state index in [0.29, 0.717) is 38.3 Å². The van der Waals surface area contributed by atoms with Gasteiger partial charge in [0, 0.05) is 16.5 Å². The van der Waals surface area contributed by atoms with E-state index in [1.54, 1.807) is 74.7 Å². The number of ether oxygens (including phenoxy) is 3. The minimum Gasteiger partial charge on any atom is -0.497 e. The van der Waals surface area contributed by atoms with Crippen LogP contribution in [0.15, 0.2) is 82.6 Å². The monoisotopic (exact) mass is 645 g/mol. The maximum Gasteiger partial charge on any atom is 0.338 e. The van der Waals surface area contributed by atoms with Gasteiger partial charge in [0.15, 0.2) is 6.61 Å². The van der Waals surface area contributed by atoms with E-state index in [9.17, 15) is 24.0 Å². The van der Waals surface area contributed by atoms with Gasteiger partial charge in [-0.2, -0.15) is 0 Å². The molecule has 11 nitrogen and oxygen atoms in total. The lowest BCUT2D eigenvalue weighted by molar-refractivity contribution is -0.122. The summed E-state index contributed by atoms with van der Waals surface area (Å²) in [5, 5.41) is 2.56. The molecule has 13 heteroatoms. The van der Waals surface area contributed by atoms with Crippen molar-refractivity contribution in [1.82, 2.24) is 4.98 Å². The number of hydrogen-bond donors (Lipinski definition) is 2. The van der Waals surface area contributed by atoms with Crippen molar-refractivity contribution in [1.29, 1.82) is 0 Å². The van der Waals surface area contributed by atoms with Gasteiger partial charge in [-0.25, -0.2) is 9.69 Å². The number of aromatic amines is 1. The molecule has 2 aliphatic heterocycles. The number of fused-ring (bicyclic) bond motifs is 2. The maximum atomic E-state index is 13.9. The second-order valence-electron chi connectivity index (χ2n) is 10.2. The van der Waals surface area contributed by atoms with Crippen molar-refractivity contribution in [2.75, 3.05) is 30.5 Å². The molecule has 3 amide bonds. The molecular weight excluding hydrogens is 618 g/mol. The van der Waals surface area contributed by atoms with E-state index in [1.165, 1.54) is 23.9 Å². The lowest BCUT2D eigenvalue weighted by atomic mass is 9.83. The third-order valence-electron chi connectivity index (χ3n) is 7.44. The number of carbonyl (C=O) groups is 4. The van der Waals surface area contributed by atoms with Gasteiger partial charge < -0.3 is 24.5 Å². The first kappa shape index (κ1) is 30.2. The highest BCUT2D eigenvalue weighted by Gasteiger charge is 2.56. The summed E-state index contributed by atoms with van der Waals surface area (Å²) >= 11 is 2.20. The number of imide groups is 1. The van der Waals surface area contributed by atoms with Gasteiger partial charge in [0.05, 0.1) is 35.9 Å². The first-order valence-corrected chi connectivity index (χ1v) is 15.7. The van der Waals surface area contributed by atoms with Crippen LogP contribution in [0.4, 0.5) is 11.4 Å². The predicted octanol–water partition coefficient (Wildman–Crippen LogP) is 4.44. The molecule has 3 aromatic carbocycles. The molecule has 6 rings (SSSR count). The quantitative estimate of drug-likeness (QED) is 0.200. The zero-order valence-corrected chi connectivity index (χ0v) is 25.7. The second-order valence-corrected chi connectivity index (χ2v) is 12.3. The van der Waals surface area contributed by atoms with E-state index in [4.69, 9.17) is 14.2 Å². The van der Waals surface area contributed by atoms with Gasteiger partial charge in [0.25, 0.3) is 5.91 Å². The molecule has 0 radical (unpaired) electrons. The number of anilines is 2. The van der Waals surface area contributed by atoms with Crippen LogP contribution < -0.4 is 24.6 Å². The summed E-state index contributed by atoms with van der Waals surface area (Å²) in [4.78, 5) is 68.9. The number of carbonyl (C=O) groups excluding carboxylic acids is 4. The van der Waals surface area contributed by atoms with E-state index in [-0.39, 0.29) is 24.0 Å². The number of aromatic nitrogens is 1. The van der Waals surface area contributed by atoms with Crippen molar-refractivity contribution in [2.24, 2.45) is 5.92 Å². The van der Waals surface area contributed by atoms with Gasteiger partial charge in [-0.05, 0) is 73.2 Å². The Kier molecular flexibility index (Phi) is 8.46. The molecule has 0 bridgehead atoms. The minimum atomic E-state index is -0.770. The largest absolute Gasteiger partial charge is 0.497 e. The summed E-state index contributed by atoms with van der Waals surface area (Å²) < 4.78 is 15.8. The van der Waals surface area contributed by atoms with Crippen LogP contribution >= 0.6 is 23.1 Å². The van der Waals surface area contributed by atoms with E-state index in [2.05, 4.69) is 10.3 Å². The van der Waals surface area contributed by atoms with Crippen molar-refractivity contribution in [2.45, 2.75) is 23.1 Å². The Balaban J connectivity index is 1.21. The van der Waals surface area contributed by atoms with Crippen LogP contribution in [0.1, 0.15) is 33.6 Å². The Morgan fingerprint density at radius 3 is 2.27 bits per heavy atom. The van der Waals surface area contributed by atoms with Crippen molar-refractivity contribution in [3.63, 3.8) is 0 Å². The molecule has 230 valence electrons. The van der Waals surface area contributed by atoms with E-state index < -0.39 is 34.9 Å². The molecule has 1 aromatic heterocycles. The lowest BCUT2D eigenvalue weighted by Gasteiger charge is -2.29. The van der Waals surface area contributed by atoms with Crippen molar-refractivity contribution in [3.05, 3.63) is 98.5 Å². The Bertz CT molecular complexity index is 1820. The number of esters is 1. The fraction of sp³-hybridized carbons (Fsp3) is 0.219. The Morgan fingerprint density at radius 1 is 0.911 bits per heavy atom. The molecule has 3 atom stereocenters. The topological polar surface area (TPSA) is 144 Å². The molecule has 1 fully saturated rings. The molecule has 2 unspecified atom stereocenters. The summed E-state index contributed by atoms with van der Waals surface area (Å²) in [5.74, 6) is -1.86. The molecule has 1 saturated heterocycles. The van der Waals surface area contributed by atoms with Gasteiger partial charge in [-0.15, -0.1) is 0 Å². The number of nitrogens with one attached hydrogen (secondary N) is 2. The van der Waals surface area contributed by atoms with Crippen molar-refractivity contribution < 1.29 is 33.4 Å². The third-order valence-corrected chi connectivity index (χ3v) is 9.84. The summed E-state index contributed by atoms with van der Waals surface area (Å²) in [6.07, 6.45) is 0. The van der Waals surface area contributed by atoms with Crippen LogP contribution in [0.3, 0.4) is 0 Å². The highest BCUT2D eigenvalue weighted by atomic mass is 32.2. The number of thiazole rings is 1. The van der Waals surface area contributed by atoms with Gasteiger partial charge in [0.2, 0.25) is 11.8 Å². The molecule has 0 aliphatic carbocycles. The molecule has 0 spiro atoms. The predicted molar refractivity (Wildman–Crippen MR) is 168 cm³/mol. The highest BCUT2D eigenvalue weighted by Crippen LogP contribution is 2.53. The van der Waals surface area contributed by atoms with Crippen LogP contribution in [-0.2, 0) is 19.1 Å². The van der Waals surface area contributed by atoms with Crippen molar-refractivity contribution >= 4 is 58.2 Å². The minimum absolute atomic E-state index is 0.226. The molecule has 2 aliphatic rings. The standard InChI is InChI=1S/C32H27N3O8S2/c1-3-42-31(39)18-4-10-20(11-5-18)35-29(37)25-24(26-28(34-32(40)45-26)44-27(25)30(35)38)17-6-12-22(13-7-17)43-16-23(36)33-19-8-14-21(41-2)15-9-19/h4-15,24-25,27H,3,16H2,1-2H3,(H,33,36)(H,34,40)/t24-,25?,27?/m1/s1. The summed E-state index contributed by atoms with van der Waals surface area (Å²) in [7, 11) is 1.56. The highest BCUT2D eigenvalue weighted by molar-refractivity contribution is 8.00. The fourth-order valence-corrected chi connectivity index (χ4v) is 7.90. The number of methoxy groups -OCH3 is 1. The molecule has 4 aromatic rings. The zero-order chi connectivity index (χ0) is 31.7. The number of hydrogen-bond acceptors (Lipinski definition) is 10. The van der Waals surface area contributed by atoms with Crippen LogP contribution in [0.2, 0.25) is 0 Å². The van der Waals surface area contributed by atoms with Crippen LogP contribution in [0, 0.1) is 5.92 Å². The molecule has 0 saturated carbocycles. The SMILES string of the molecule is CCOC(=O)c1ccc(N2C(=O)C3Sc4[nH]c(=O)sc4[C@H](c4ccc(OCC(=O)Nc5ccc(OC)cc5)cc4)C3C2=O)cc1. The number of H-pyrrole nitrogens is 1. The second kappa shape index (κ2) is 12.6. The van der Waals surface area contributed by atoms with E-state index >= 15 is 0 Å². The van der Waals surface area contributed by atoms with E-state index in [0.717, 1.165) is 21.8 Å². The Hall–Kier alpha value is -4.88. The first-order chi connectivity index (χ1) is 21.8. The van der Waals surface area contributed by atoms with Crippen LogP contribution in [0.5, 0.6) is 11.5 Å². The zero-order valence-electron chi connectivity index (χ0n) is 24.1. The lowest BCUT2D eigenvalue weighted by Crippen LogP contribution is -2.32. The maximum absolute atomic E-state index is 13.9. The summed E-state index contributed by atoms with van der Waals surface area (Å²) in [6, 6.07) is 20.0. The smallest absolute Gasteiger partial charge is 0.338 e. The van der Waals surface area contributed by atoms with Gasteiger partial charge >= 0.3 is 10.8 Å².